The zero-order valence-electron chi connectivity index (χ0n) is 14.4. The third-order valence-electron chi connectivity index (χ3n) is 4.09. The van der Waals surface area contributed by atoms with Gasteiger partial charge in [0.05, 0.1) is 10.6 Å². The number of aromatic nitrogens is 1. The van der Waals surface area contributed by atoms with Gasteiger partial charge in [0, 0.05) is 12.2 Å². The molecular formula is C19H20ClFN2O2S. The van der Waals surface area contributed by atoms with Crippen molar-refractivity contribution in [3.05, 3.63) is 77.7 Å². The SMILES string of the molecule is CNCc1cc(-c2ccc(F)cc2)n(S(=O)(=O)c2ccccc2)c1C.Cl. The quantitative estimate of drug-likeness (QED) is 0.712. The average Bonchev–Trinajstić information content (AvgIpc) is 2.94. The van der Waals surface area contributed by atoms with Crippen LogP contribution < -0.4 is 5.32 Å². The second kappa shape index (κ2) is 8.03. The van der Waals surface area contributed by atoms with Gasteiger partial charge in [-0.25, -0.2) is 16.8 Å². The fraction of sp³-hybridized carbons (Fsp3) is 0.158. The normalized spacial score (nSPS) is 11.2. The van der Waals surface area contributed by atoms with Gasteiger partial charge in [-0.2, -0.15) is 0 Å². The van der Waals surface area contributed by atoms with E-state index in [1.165, 1.54) is 16.1 Å². The van der Waals surface area contributed by atoms with Gasteiger partial charge in [0.25, 0.3) is 10.0 Å². The van der Waals surface area contributed by atoms with Crippen molar-refractivity contribution < 1.29 is 12.8 Å². The van der Waals surface area contributed by atoms with Gasteiger partial charge < -0.3 is 5.32 Å². The Morgan fingerprint density at radius 1 is 1.04 bits per heavy atom. The highest BCUT2D eigenvalue weighted by atomic mass is 35.5. The lowest BCUT2D eigenvalue weighted by atomic mass is 10.1. The predicted molar refractivity (Wildman–Crippen MR) is 104 cm³/mol. The van der Waals surface area contributed by atoms with E-state index >= 15 is 0 Å². The van der Waals surface area contributed by atoms with E-state index in [-0.39, 0.29) is 23.1 Å². The third-order valence-corrected chi connectivity index (χ3v) is 5.91. The van der Waals surface area contributed by atoms with E-state index in [1.54, 1.807) is 56.4 Å². The molecule has 0 aliphatic carbocycles. The number of hydrogen-bond acceptors (Lipinski definition) is 3. The number of rotatable bonds is 5. The molecule has 0 fully saturated rings. The molecule has 0 saturated heterocycles. The molecule has 3 aromatic rings. The first kappa shape index (κ1) is 20.2. The summed E-state index contributed by atoms with van der Waals surface area (Å²) in [6.45, 7) is 2.32. The van der Waals surface area contributed by atoms with Crippen LogP contribution in [0.3, 0.4) is 0 Å². The highest BCUT2D eigenvalue weighted by Crippen LogP contribution is 2.30. The fourth-order valence-corrected chi connectivity index (χ4v) is 4.44. The van der Waals surface area contributed by atoms with E-state index in [0.29, 0.717) is 23.5 Å². The minimum Gasteiger partial charge on any atom is -0.316 e. The molecule has 0 aliphatic rings. The summed E-state index contributed by atoms with van der Waals surface area (Å²) < 4.78 is 41.0. The number of benzene rings is 2. The zero-order valence-corrected chi connectivity index (χ0v) is 16.1. The second-order valence-corrected chi connectivity index (χ2v) is 7.55. The molecule has 0 unspecified atom stereocenters. The standard InChI is InChI=1S/C19H19FN2O2S.ClH/c1-14-16(13-21-2)12-19(15-8-10-17(20)11-9-15)22(14)25(23,24)18-6-4-3-5-7-18;/h3-12,21H,13H2,1-2H3;1H. The Morgan fingerprint density at radius 2 is 1.65 bits per heavy atom. The molecule has 0 radical (unpaired) electrons. The molecule has 1 aromatic heterocycles. The molecule has 0 saturated carbocycles. The monoisotopic (exact) mass is 394 g/mol. The molecular weight excluding hydrogens is 375 g/mol. The van der Waals surface area contributed by atoms with Crippen LogP contribution in [0, 0.1) is 12.7 Å². The molecule has 0 aliphatic heterocycles. The highest BCUT2D eigenvalue weighted by molar-refractivity contribution is 7.90. The summed E-state index contributed by atoms with van der Waals surface area (Å²) in [4.78, 5) is 0.216. The predicted octanol–water partition coefficient (Wildman–Crippen LogP) is 3.98. The van der Waals surface area contributed by atoms with Crippen molar-refractivity contribution in [2.75, 3.05) is 7.05 Å². The fourth-order valence-electron chi connectivity index (χ4n) is 2.84. The lowest BCUT2D eigenvalue weighted by molar-refractivity contribution is 0.586. The van der Waals surface area contributed by atoms with Crippen molar-refractivity contribution in [3.8, 4) is 11.3 Å². The number of halogens is 2. The average molecular weight is 395 g/mol. The van der Waals surface area contributed by atoms with Crippen LogP contribution >= 0.6 is 12.4 Å². The zero-order chi connectivity index (χ0) is 18.0. The minimum atomic E-state index is -3.76. The van der Waals surface area contributed by atoms with Crippen molar-refractivity contribution in [2.45, 2.75) is 18.4 Å². The van der Waals surface area contributed by atoms with Crippen LogP contribution in [0.5, 0.6) is 0 Å². The summed E-state index contributed by atoms with van der Waals surface area (Å²) in [6, 6.07) is 16.0. The highest BCUT2D eigenvalue weighted by Gasteiger charge is 2.24. The first-order chi connectivity index (χ1) is 11.9. The van der Waals surface area contributed by atoms with Gasteiger partial charge in [0.1, 0.15) is 5.82 Å². The maximum Gasteiger partial charge on any atom is 0.268 e. The van der Waals surface area contributed by atoms with Crippen LogP contribution in [0.25, 0.3) is 11.3 Å². The largest absolute Gasteiger partial charge is 0.316 e. The maximum absolute atomic E-state index is 13.3. The van der Waals surface area contributed by atoms with E-state index in [4.69, 9.17) is 0 Å². The van der Waals surface area contributed by atoms with Gasteiger partial charge in [-0.15, -0.1) is 12.4 Å². The van der Waals surface area contributed by atoms with Crippen molar-refractivity contribution in [1.29, 1.82) is 0 Å². The van der Waals surface area contributed by atoms with E-state index in [2.05, 4.69) is 5.32 Å². The van der Waals surface area contributed by atoms with Crippen LogP contribution in [0.4, 0.5) is 4.39 Å². The van der Waals surface area contributed by atoms with E-state index in [0.717, 1.165) is 5.56 Å². The van der Waals surface area contributed by atoms with E-state index in [9.17, 15) is 12.8 Å². The maximum atomic E-state index is 13.3. The molecule has 2 aromatic carbocycles. The van der Waals surface area contributed by atoms with Gasteiger partial charge in [0.2, 0.25) is 0 Å². The Hall–Kier alpha value is -2.15. The Kier molecular flexibility index (Phi) is 6.23. The van der Waals surface area contributed by atoms with Gasteiger partial charge >= 0.3 is 0 Å². The molecule has 3 rings (SSSR count). The topological polar surface area (TPSA) is 51.1 Å². The number of hydrogen-bond donors (Lipinski definition) is 1. The van der Waals surface area contributed by atoms with Crippen molar-refractivity contribution in [2.24, 2.45) is 0 Å². The summed E-state index contributed by atoms with van der Waals surface area (Å²) in [5.74, 6) is -0.361. The molecule has 7 heteroatoms. The third kappa shape index (κ3) is 3.67. The summed E-state index contributed by atoms with van der Waals surface area (Å²) in [6.07, 6.45) is 0. The Balaban J connectivity index is 0.00000243. The minimum absolute atomic E-state index is 0. The molecule has 26 heavy (non-hydrogen) atoms. The van der Waals surface area contributed by atoms with Crippen LogP contribution in [-0.4, -0.2) is 19.4 Å². The van der Waals surface area contributed by atoms with Crippen LogP contribution in [0.2, 0.25) is 0 Å². The van der Waals surface area contributed by atoms with Crippen molar-refractivity contribution in [3.63, 3.8) is 0 Å². The molecule has 4 nitrogen and oxygen atoms in total. The lowest BCUT2D eigenvalue weighted by Crippen LogP contribution is -2.16. The molecule has 1 heterocycles. The number of nitrogens with one attached hydrogen (secondary N) is 1. The lowest BCUT2D eigenvalue weighted by Gasteiger charge is -2.13. The molecule has 0 bridgehead atoms. The molecule has 0 atom stereocenters. The van der Waals surface area contributed by atoms with Crippen LogP contribution in [-0.2, 0) is 16.6 Å². The van der Waals surface area contributed by atoms with Crippen LogP contribution in [0.1, 0.15) is 11.3 Å². The van der Waals surface area contributed by atoms with E-state index < -0.39 is 10.0 Å². The van der Waals surface area contributed by atoms with Crippen molar-refractivity contribution in [1.82, 2.24) is 9.29 Å². The summed E-state index contributed by atoms with van der Waals surface area (Å²) in [7, 11) is -1.96. The van der Waals surface area contributed by atoms with Gasteiger partial charge in [-0.1, -0.05) is 18.2 Å². The summed E-state index contributed by atoms with van der Waals surface area (Å²) in [5.41, 5.74) is 2.68. The molecule has 0 spiro atoms. The summed E-state index contributed by atoms with van der Waals surface area (Å²) in [5, 5.41) is 3.05. The number of nitrogens with zero attached hydrogens (tertiary/aromatic N) is 1. The van der Waals surface area contributed by atoms with Gasteiger partial charge in [-0.05, 0) is 67.6 Å². The summed E-state index contributed by atoms with van der Waals surface area (Å²) >= 11 is 0. The molecule has 0 amide bonds. The Labute approximate surface area is 159 Å². The second-order valence-electron chi connectivity index (χ2n) is 5.76. The molecule has 138 valence electrons. The first-order valence-electron chi connectivity index (χ1n) is 7.87. The Morgan fingerprint density at radius 3 is 2.23 bits per heavy atom. The van der Waals surface area contributed by atoms with E-state index in [1.807, 2.05) is 6.07 Å². The van der Waals surface area contributed by atoms with Gasteiger partial charge in [0.15, 0.2) is 0 Å². The van der Waals surface area contributed by atoms with Crippen LogP contribution in [0.15, 0.2) is 65.6 Å². The molecule has 1 N–H and O–H groups in total. The first-order valence-corrected chi connectivity index (χ1v) is 9.31. The Bertz CT molecular complexity index is 984. The smallest absolute Gasteiger partial charge is 0.268 e. The van der Waals surface area contributed by atoms with Gasteiger partial charge in [-0.3, -0.25) is 0 Å². The van der Waals surface area contributed by atoms with Crippen molar-refractivity contribution >= 4 is 22.4 Å².